The molecule has 0 amide bonds. The van der Waals surface area contributed by atoms with Crippen molar-refractivity contribution in [2.24, 2.45) is 51.6 Å². The Balaban J connectivity index is 1.62. The van der Waals surface area contributed by atoms with E-state index in [9.17, 15) is 0 Å². The third-order valence-electron chi connectivity index (χ3n) is 12.7. The van der Waals surface area contributed by atoms with Crippen LogP contribution in [0.1, 0.15) is 145 Å². The molecule has 36 heavy (non-hydrogen) atoms. The minimum atomic E-state index is 0.489. The van der Waals surface area contributed by atoms with Gasteiger partial charge in [0.2, 0.25) is 0 Å². The molecule has 0 heterocycles. The summed E-state index contributed by atoms with van der Waals surface area (Å²) in [5.74, 6) is 4.49. The molecule has 0 aliphatic heterocycles. The van der Waals surface area contributed by atoms with Gasteiger partial charge in [0.05, 0.1) is 0 Å². The number of rotatable bonds is 9. The Kier molecular flexibility index (Phi) is 8.91. The van der Waals surface area contributed by atoms with Crippen molar-refractivity contribution >= 4 is 0 Å². The number of hydrogen-bond acceptors (Lipinski definition) is 1. The number of nitrogens with two attached hydrogens (primary N) is 1. The summed E-state index contributed by atoms with van der Waals surface area (Å²) in [5, 5.41) is 0. The van der Waals surface area contributed by atoms with Gasteiger partial charge in [-0.25, -0.2) is 0 Å². The molecule has 4 fully saturated rings. The molecule has 0 spiro atoms. The monoisotopic (exact) mass is 495 g/mol. The minimum absolute atomic E-state index is 0.489. The van der Waals surface area contributed by atoms with Gasteiger partial charge in [0.25, 0.3) is 0 Å². The molecule has 0 aromatic rings. The van der Waals surface area contributed by atoms with Crippen LogP contribution in [0.15, 0.2) is 22.8 Å². The van der Waals surface area contributed by atoms with E-state index < -0.39 is 0 Å². The van der Waals surface area contributed by atoms with Gasteiger partial charge in [-0.1, -0.05) is 76.7 Å². The van der Waals surface area contributed by atoms with E-state index in [2.05, 4.69) is 54.5 Å². The predicted octanol–water partition coefficient (Wildman–Crippen LogP) is 10.3. The van der Waals surface area contributed by atoms with Gasteiger partial charge in [0.15, 0.2) is 0 Å². The molecule has 0 saturated heterocycles. The van der Waals surface area contributed by atoms with Gasteiger partial charge in [-0.3, -0.25) is 0 Å². The molecule has 0 bridgehead atoms. The molecular weight excluding hydrogens is 434 g/mol. The molecule has 4 saturated carbocycles. The summed E-state index contributed by atoms with van der Waals surface area (Å²) in [5.41, 5.74) is 12.7. The Morgan fingerprint density at radius 1 is 0.889 bits per heavy atom. The SMILES string of the molecule is CC(C)=CCC/C(CCCCCCN)=C1/C(C)CC2(C)C1CCC1C3(C)CCC(C)CC3CCC12C. The summed E-state index contributed by atoms with van der Waals surface area (Å²) in [6, 6.07) is 0. The van der Waals surface area contributed by atoms with Crippen molar-refractivity contribution < 1.29 is 0 Å². The molecule has 4 aliphatic carbocycles. The fourth-order valence-corrected chi connectivity index (χ4v) is 10.6. The van der Waals surface area contributed by atoms with Crippen LogP contribution in [0.4, 0.5) is 0 Å². The lowest BCUT2D eigenvalue weighted by Crippen LogP contribution is -2.59. The number of allylic oxidation sites excluding steroid dienone is 4. The van der Waals surface area contributed by atoms with E-state index in [4.69, 9.17) is 5.73 Å². The zero-order valence-corrected chi connectivity index (χ0v) is 25.4. The van der Waals surface area contributed by atoms with Gasteiger partial charge < -0.3 is 5.73 Å². The maximum absolute atomic E-state index is 5.78. The van der Waals surface area contributed by atoms with Gasteiger partial charge >= 0.3 is 0 Å². The second kappa shape index (κ2) is 11.3. The van der Waals surface area contributed by atoms with Crippen LogP contribution < -0.4 is 5.73 Å². The Hall–Kier alpha value is -0.560. The van der Waals surface area contributed by atoms with E-state index in [0.717, 1.165) is 36.1 Å². The normalized spacial score (nSPS) is 43.4. The van der Waals surface area contributed by atoms with Crippen LogP contribution in [0.2, 0.25) is 0 Å². The molecule has 4 rings (SSSR count). The van der Waals surface area contributed by atoms with E-state index in [0.29, 0.717) is 16.2 Å². The molecule has 0 aromatic heterocycles. The van der Waals surface area contributed by atoms with Crippen molar-refractivity contribution in [2.75, 3.05) is 6.54 Å². The molecule has 2 N–H and O–H groups in total. The number of hydrogen-bond donors (Lipinski definition) is 1. The van der Waals surface area contributed by atoms with Gasteiger partial charge in [-0.05, 0) is 143 Å². The van der Waals surface area contributed by atoms with E-state index in [1.807, 2.05) is 11.1 Å². The molecule has 0 aromatic carbocycles. The highest BCUT2D eigenvalue weighted by atomic mass is 14.7. The molecular formula is C35H61N. The first-order valence-electron chi connectivity index (χ1n) is 16.1. The molecule has 4 aliphatic rings. The maximum atomic E-state index is 5.78. The summed E-state index contributed by atoms with van der Waals surface area (Å²) in [6.07, 6.45) is 23.4. The highest BCUT2D eigenvalue weighted by molar-refractivity contribution is 5.31. The number of unbranched alkanes of at least 4 members (excludes halogenated alkanes) is 3. The van der Waals surface area contributed by atoms with Crippen molar-refractivity contribution in [2.45, 2.75) is 145 Å². The van der Waals surface area contributed by atoms with Crippen LogP contribution in [-0.2, 0) is 0 Å². The third kappa shape index (κ3) is 5.05. The van der Waals surface area contributed by atoms with Crippen molar-refractivity contribution in [1.29, 1.82) is 0 Å². The first-order chi connectivity index (χ1) is 17.1. The topological polar surface area (TPSA) is 26.0 Å². The Bertz CT molecular complexity index is 816. The lowest BCUT2D eigenvalue weighted by molar-refractivity contribution is -0.178. The van der Waals surface area contributed by atoms with E-state index in [1.165, 1.54) is 102 Å². The van der Waals surface area contributed by atoms with Crippen LogP contribution in [-0.4, -0.2) is 6.54 Å². The van der Waals surface area contributed by atoms with Gasteiger partial charge in [0, 0.05) is 0 Å². The molecule has 1 heteroatoms. The van der Waals surface area contributed by atoms with E-state index >= 15 is 0 Å². The van der Waals surface area contributed by atoms with Crippen molar-refractivity contribution in [3.05, 3.63) is 22.8 Å². The van der Waals surface area contributed by atoms with E-state index in [1.54, 1.807) is 0 Å². The van der Waals surface area contributed by atoms with Crippen molar-refractivity contribution in [3.8, 4) is 0 Å². The Morgan fingerprint density at radius 3 is 2.36 bits per heavy atom. The third-order valence-corrected chi connectivity index (χ3v) is 12.7. The fourth-order valence-electron chi connectivity index (χ4n) is 10.6. The smallest absolute Gasteiger partial charge is 0.00773 e. The van der Waals surface area contributed by atoms with Crippen molar-refractivity contribution in [1.82, 2.24) is 0 Å². The lowest BCUT2D eigenvalue weighted by atomic mass is 9.37. The average Bonchev–Trinajstić information content (AvgIpc) is 3.09. The fraction of sp³-hybridized carbons (Fsp3) is 0.886. The first-order valence-corrected chi connectivity index (χ1v) is 16.1. The summed E-state index contributed by atoms with van der Waals surface area (Å²) in [6.45, 7) is 18.8. The van der Waals surface area contributed by atoms with Crippen LogP contribution >= 0.6 is 0 Å². The van der Waals surface area contributed by atoms with Crippen LogP contribution in [0, 0.1) is 45.8 Å². The molecule has 0 radical (unpaired) electrons. The molecule has 206 valence electrons. The summed E-state index contributed by atoms with van der Waals surface area (Å²) < 4.78 is 0. The lowest BCUT2D eigenvalue weighted by Gasteiger charge is -2.67. The molecule has 8 unspecified atom stereocenters. The first kappa shape index (κ1) is 28.4. The summed E-state index contributed by atoms with van der Waals surface area (Å²) in [4.78, 5) is 0. The summed E-state index contributed by atoms with van der Waals surface area (Å²) >= 11 is 0. The van der Waals surface area contributed by atoms with Crippen LogP contribution in [0.5, 0.6) is 0 Å². The molecule has 1 nitrogen and oxygen atoms in total. The predicted molar refractivity (Wildman–Crippen MR) is 158 cm³/mol. The maximum Gasteiger partial charge on any atom is -0.00773 e. The van der Waals surface area contributed by atoms with Crippen LogP contribution in [0.25, 0.3) is 0 Å². The average molecular weight is 496 g/mol. The summed E-state index contributed by atoms with van der Waals surface area (Å²) in [7, 11) is 0. The number of fused-ring (bicyclic) bond motifs is 5. The Morgan fingerprint density at radius 2 is 1.64 bits per heavy atom. The largest absolute Gasteiger partial charge is 0.330 e. The second-order valence-corrected chi connectivity index (χ2v) is 15.1. The molecule has 8 atom stereocenters. The van der Waals surface area contributed by atoms with Crippen molar-refractivity contribution in [3.63, 3.8) is 0 Å². The highest BCUT2D eigenvalue weighted by Crippen LogP contribution is 2.74. The second-order valence-electron chi connectivity index (χ2n) is 15.1. The van der Waals surface area contributed by atoms with Gasteiger partial charge in [0.1, 0.15) is 0 Å². The quantitative estimate of drug-likeness (QED) is 0.250. The minimum Gasteiger partial charge on any atom is -0.330 e. The zero-order valence-electron chi connectivity index (χ0n) is 25.4. The van der Waals surface area contributed by atoms with Gasteiger partial charge in [-0.15, -0.1) is 0 Å². The standard InChI is InChI=1S/C35H61N/c1-25(2)13-12-15-28(14-10-8-9-11-22-36)32-27(4)24-35(7)30(32)16-17-31-33(5)20-18-26(3)23-29(33)19-21-34(31,35)6/h13,26-27,29-31H,8-12,14-24,36H2,1-7H3/b32-28-. The zero-order chi connectivity index (χ0) is 26.1. The highest BCUT2D eigenvalue weighted by Gasteiger charge is 2.66. The van der Waals surface area contributed by atoms with Crippen LogP contribution in [0.3, 0.4) is 0 Å². The van der Waals surface area contributed by atoms with E-state index in [-0.39, 0.29) is 0 Å². The van der Waals surface area contributed by atoms with Gasteiger partial charge in [-0.2, -0.15) is 0 Å². The Labute approximate surface area is 225 Å².